The average molecular weight is 542 g/mol. The Hall–Kier alpha value is -2.55. The lowest BCUT2D eigenvalue weighted by atomic mass is 9.70. The number of para-hydroxylation sites is 2. The number of carbonyl (C=O) groups excluding carboxylic acids is 3. The van der Waals surface area contributed by atoms with Gasteiger partial charge in [-0.05, 0) is 49.9 Å². The fourth-order valence-electron chi connectivity index (χ4n) is 6.25. The van der Waals surface area contributed by atoms with Gasteiger partial charge < -0.3 is 20.6 Å². The molecule has 2 bridgehead atoms. The number of aliphatic hydroxyl groups is 1. The summed E-state index contributed by atoms with van der Waals surface area (Å²) >= 11 is 7.98. The van der Waals surface area contributed by atoms with E-state index in [1.807, 2.05) is 30.3 Å². The third-order valence-electron chi connectivity index (χ3n) is 7.83. The zero-order valence-electron chi connectivity index (χ0n) is 20.6. The first-order valence-corrected chi connectivity index (χ1v) is 14.2. The van der Waals surface area contributed by atoms with E-state index in [0.29, 0.717) is 22.9 Å². The standard InChI is InChI=1S/C28H32ClN3O4S/c29-19-12-6-7-13-20(19)31-26(35)24-28-15-14-21(37-28)22(25(34)30-18-10-4-3-5-11-18)23(28)27(36)32(24)16-8-1-2-9-17-33/h3-7,10-13,21-24,33H,1-2,8-9,14-17H2,(H,30,34)(H,31,35)/t21-,22+,23+,24?,28?/m1/s1. The van der Waals surface area contributed by atoms with E-state index in [1.54, 1.807) is 40.9 Å². The molecule has 3 N–H and O–H groups in total. The Morgan fingerprint density at radius 2 is 1.73 bits per heavy atom. The molecule has 37 heavy (non-hydrogen) atoms. The molecule has 0 aromatic heterocycles. The van der Waals surface area contributed by atoms with Gasteiger partial charge in [0, 0.05) is 24.1 Å². The number of unbranched alkanes of at least 4 members (excludes halogenated alkanes) is 3. The molecule has 5 atom stereocenters. The maximum Gasteiger partial charge on any atom is 0.248 e. The molecule has 2 aromatic rings. The molecule has 7 nitrogen and oxygen atoms in total. The second-order valence-corrected chi connectivity index (χ2v) is 12.1. The summed E-state index contributed by atoms with van der Waals surface area (Å²) in [4.78, 5) is 43.0. The predicted molar refractivity (Wildman–Crippen MR) is 147 cm³/mol. The first-order valence-electron chi connectivity index (χ1n) is 13.0. The Balaban J connectivity index is 1.42. The van der Waals surface area contributed by atoms with Crippen molar-refractivity contribution in [2.75, 3.05) is 23.8 Å². The summed E-state index contributed by atoms with van der Waals surface area (Å²) < 4.78 is -0.642. The summed E-state index contributed by atoms with van der Waals surface area (Å²) in [5.41, 5.74) is 1.22. The van der Waals surface area contributed by atoms with Crippen LogP contribution in [0.5, 0.6) is 0 Å². The van der Waals surface area contributed by atoms with Crippen molar-refractivity contribution in [2.24, 2.45) is 11.8 Å². The van der Waals surface area contributed by atoms with Crippen LogP contribution in [0.25, 0.3) is 0 Å². The van der Waals surface area contributed by atoms with E-state index in [9.17, 15) is 14.4 Å². The van der Waals surface area contributed by atoms with Gasteiger partial charge in [0.25, 0.3) is 0 Å². The Morgan fingerprint density at radius 1 is 1.00 bits per heavy atom. The largest absolute Gasteiger partial charge is 0.396 e. The van der Waals surface area contributed by atoms with Crippen molar-refractivity contribution in [3.05, 3.63) is 59.6 Å². The molecule has 0 aliphatic carbocycles. The molecule has 0 radical (unpaired) electrons. The van der Waals surface area contributed by atoms with Crippen molar-refractivity contribution in [3.63, 3.8) is 0 Å². The molecule has 5 rings (SSSR count). The SMILES string of the molecule is O=C(Nc1ccccc1Cl)C1N(CCCCCCO)C(=O)[C@@H]2[C@@H](C(=O)Nc3ccccc3)[C@H]3CCC12S3. The summed E-state index contributed by atoms with van der Waals surface area (Å²) in [6, 6.07) is 15.7. The molecule has 2 unspecified atom stereocenters. The van der Waals surface area contributed by atoms with Crippen LogP contribution in [-0.2, 0) is 14.4 Å². The van der Waals surface area contributed by atoms with E-state index in [0.717, 1.165) is 38.5 Å². The van der Waals surface area contributed by atoms with Gasteiger partial charge in [-0.1, -0.05) is 54.8 Å². The number of hydrogen-bond acceptors (Lipinski definition) is 5. The Bertz CT molecular complexity index is 1170. The summed E-state index contributed by atoms with van der Waals surface area (Å²) in [6.07, 6.45) is 4.68. The Morgan fingerprint density at radius 3 is 2.49 bits per heavy atom. The van der Waals surface area contributed by atoms with Crippen LogP contribution in [0, 0.1) is 11.8 Å². The number of halogens is 1. The molecule has 0 saturated carbocycles. The lowest BCUT2D eigenvalue weighted by Crippen LogP contribution is -2.51. The number of hydrogen-bond donors (Lipinski definition) is 3. The zero-order valence-corrected chi connectivity index (χ0v) is 22.1. The third kappa shape index (κ3) is 4.87. The summed E-state index contributed by atoms with van der Waals surface area (Å²) in [5, 5.41) is 15.5. The Kier molecular flexibility index (Phi) is 7.79. The van der Waals surface area contributed by atoms with Gasteiger partial charge in [0.2, 0.25) is 17.7 Å². The highest BCUT2D eigenvalue weighted by atomic mass is 35.5. The lowest BCUT2D eigenvalue weighted by Gasteiger charge is -2.34. The van der Waals surface area contributed by atoms with Crippen molar-refractivity contribution in [2.45, 2.75) is 54.6 Å². The molecule has 9 heteroatoms. The number of rotatable bonds is 10. The fraction of sp³-hybridized carbons (Fsp3) is 0.464. The summed E-state index contributed by atoms with van der Waals surface area (Å²) in [6.45, 7) is 0.592. The van der Waals surface area contributed by atoms with Crippen molar-refractivity contribution in [3.8, 4) is 0 Å². The van der Waals surface area contributed by atoms with Crippen LogP contribution < -0.4 is 10.6 Å². The molecule has 196 valence electrons. The van der Waals surface area contributed by atoms with Crippen molar-refractivity contribution < 1.29 is 19.5 Å². The molecule has 3 amide bonds. The van der Waals surface area contributed by atoms with E-state index in [2.05, 4.69) is 10.6 Å². The highest BCUT2D eigenvalue weighted by Crippen LogP contribution is 2.66. The van der Waals surface area contributed by atoms with Gasteiger partial charge in [-0.2, -0.15) is 0 Å². The number of nitrogens with zero attached hydrogens (tertiary/aromatic N) is 1. The van der Waals surface area contributed by atoms with Crippen LogP contribution in [-0.4, -0.2) is 56.9 Å². The molecule has 3 saturated heterocycles. The van der Waals surface area contributed by atoms with Gasteiger partial charge in [0.15, 0.2) is 0 Å². The molecule has 3 fully saturated rings. The lowest BCUT2D eigenvalue weighted by molar-refractivity contribution is -0.138. The second-order valence-electron chi connectivity index (χ2n) is 10.0. The van der Waals surface area contributed by atoms with E-state index in [4.69, 9.17) is 16.7 Å². The number of benzene rings is 2. The van der Waals surface area contributed by atoms with Gasteiger partial charge in [-0.3, -0.25) is 14.4 Å². The van der Waals surface area contributed by atoms with E-state index >= 15 is 0 Å². The molecule has 3 aliphatic heterocycles. The number of carbonyl (C=O) groups is 3. The van der Waals surface area contributed by atoms with Crippen LogP contribution in [0.4, 0.5) is 11.4 Å². The highest BCUT2D eigenvalue weighted by molar-refractivity contribution is 8.02. The number of aliphatic hydroxyl groups excluding tert-OH is 1. The zero-order chi connectivity index (χ0) is 26.0. The molecule has 2 aromatic carbocycles. The maximum absolute atomic E-state index is 14.0. The normalized spacial score (nSPS) is 27.8. The Labute approximate surface area is 226 Å². The number of anilines is 2. The highest BCUT2D eigenvalue weighted by Gasteiger charge is 2.73. The van der Waals surface area contributed by atoms with Crippen molar-refractivity contribution >= 4 is 52.5 Å². The topological polar surface area (TPSA) is 98.7 Å². The minimum atomic E-state index is -0.677. The molecule has 3 aliphatic rings. The molecule has 1 spiro atoms. The van der Waals surface area contributed by atoms with Crippen LogP contribution in [0.1, 0.15) is 38.5 Å². The van der Waals surface area contributed by atoms with Gasteiger partial charge in [-0.25, -0.2) is 0 Å². The monoisotopic (exact) mass is 541 g/mol. The number of fused-ring (bicyclic) bond motifs is 1. The maximum atomic E-state index is 14.0. The van der Waals surface area contributed by atoms with Crippen LogP contribution in [0.2, 0.25) is 5.02 Å². The summed E-state index contributed by atoms with van der Waals surface area (Å²) in [7, 11) is 0. The van der Waals surface area contributed by atoms with Crippen LogP contribution in [0.3, 0.4) is 0 Å². The van der Waals surface area contributed by atoms with Gasteiger partial charge in [0.1, 0.15) is 6.04 Å². The first kappa shape index (κ1) is 26.1. The second kappa shape index (κ2) is 11.1. The van der Waals surface area contributed by atoms with Crippen molar-refractivity contribution in [1.29, 1.82) is 0 Å². The first-order chi connectivity index (χ1) is 18.0. The van der Waals surface area contributed by atoms with Gasteiger partial charge >= 0.3 is 0 Å². The van der Waals surface area contributed by atoms with E-state index in [1.165, 1.54) is 0 Å². The smallest absolute Gasteiger partial charge is 0.248 e. The molecular formula is C28H32ClN3O4S. The average Bonchev–Trinajstić information content (AvgIpc) is 3.53. The fourth-order valence-corrected chi connectivity index (χ4v) is 8.66. The van der Waals surface area contributed by atoms with Crippen LogP contribution >= 0.6 is 23.4 Å². The quantitative estimate of drug-likeness (QED) is 0.383. The van der Waals surface area contributed by atoms with Crippen LogP contribution in [0.15, 0.2) is 54.6 Å². The minimum Gasteiger partial charge on any atom is -0.396 e. The number of nitrogens with one attached hydrogen (secondary N) is 2. The third-order valence-corrected chi connectivity index (χ3v) is 10.1. The molecular weight excluding hydrogens is 510 g/mol. The van der Waals surface area contributed by atoms with Gasteiger partial charge in [-0.15, -0.1) is 11.8 Å². The number of likely N-dealkylation sites (tertiary alicyclic amines) is 1. The van der Waals surface area contributed by atoms with E-state index in [-0.39, 0.29) is 29.6 Å². The van der Waals surface area contributed by atoms with Crippen molar-refractivity contribution in [1.82, 2.24) is 4.90 Å². The number of amides is 3. The summed E-state index contributed by atoms with van der Waals surface area (Å²) in [5.74, 6) is -1.54. The molecule has 3 heterocycles. The van der Waals surface area contributed by atoms with Gasteiger partial charge in [0.05, 0.1) is 27.3 Å². The van der Waals surface area contributed by atoms with E-state index < -0.39 is 22.6 Å². The number of thioether (sulfide) groups is 1. The minimum absolute atomic E-state index is 0.0000188. The predicted octanol–water partition coefficient (Wildman–Crippen LogP) is 4.56.